The van der Waals surface area contributed by atoms with Crippen LogP contribution in [0.1, 0.15) is 0 Å². The Balaban J connectivity index is 1.91. The zero-order chi connectivity index (χ0) is 15.2. The van der Waals surface area contributed by atoms with Crippen molar-refractivity contribution in [2.24, 2.45) is 0 Å². The minimum atomic E-state index is -1.07. The molecule has 7 heteroatoms. The van der Waals surface area contributed by atoms with Gasteiger partial charge in [-0.05, 0) is 12.1 Å². The van der Waals surface area contributed by atoms with Crippen LogP contribution < -0.4 is 9.47 Å². The highest BCUT2D eigenvalue weighted by Crippen LogP contribution is 2.25. The minimum absolute atomic E-state index is 0.0312. The van der Waals surface area contributed by atoms with Crippen LogP contribution in [0.5, 0.6) is 11.5 Å². The van der Waals surface area contributed by atoms with Crippen LogP contribution >= 0.6 is 0 Å². The van der Waals surface area contributed by atoms with E-state index < -0.39 is 12.1 Å². The van der Waals surface area contributed by atoms with Crippen molar-refractivity contribution >= 4 is 11.9 Å². The molecule has 0 spiro atoms. The lowest BCUT2D eigenvalue weighted by atomic mass is 10.2. The van der Waals surface area contributed by atoms with Crippen molar-refractivity contribution in [1.29, 1.82) is 0 Å². The van der Waals surface area contributed by atoms with Gasteiger partial charge in [0.05, 0.1) is 20.3 Å². The third-order valence-corrected chi connectivity index (χ3v) is 3.11. The van der Waals surface area contributed by atoms with Crippen molar-refractivity contribution in [2.75, 3.05) is 33.4 Å². The van der Waals surface area contributed by atoms with Gasteiger partial charge in [-0.2, -0.15) is 0 Å². The molecule has 1 amide bonds. The van der Waals surface area contributed by atoms with E-state index in [2.05, 4.69) is 0 Å². The molecule has 1 atom stereocenters. The molecule has 1 unspecified atom stereocenters. The summed E-state index contributed by atoms with van der Waals surface area (Å²) in [5.74, 6) is -0.347. The number of nitrogens with zero attached hydrogens (tertiary/aromatic N) is 1. The van der Waals surface area contributed by atoms with Gasteiger partial charge in [0.15, 0.2) is 24.2 Å². The third kappa shape index (κ3) is 3.85. The average molecular weight is 295 g/mol. The van der Waals surface area contributed by atoms with E-state index in [0.29, 0.717) is 18.0 Å². The number of carbonyl (C=O) groups is 2. The molecule has 1 N–H and O–H groups in total. The summed E-state index contributed by atoms with van der Waals surface area (Å²) in [5.41, 5.74) is 0. The second-order valence-electron chi connectivity index (χ2n) is 4.48. The maximum Gasteiger partial charge on any atom is 0.334 e. The molecule has 0 aliphatic carbocycles. The Morgan fingerprint density at radius 1 is 1.38 bits per heavy atom. The molecule has 21 heavy (non-hydrogen) atoms. The lowest BCUT2D eigenvalue weighted by molar-refractivity contribution is -0.159. The molecule has 1 aliphatic heterocycles. The number of methoxy groups -OCH3 is 1. The number of aliphatic carboxylic acids is 1. The van der Waals surface area contributed by atoms with Gasteiger partial charge in [-0.25, -0.2) is 4.79 Å². The van der Waals surface area contributed by atoms with E-state index >= 15 is 0 Å². The average Bonchev–Trinajstić information content (AvgIpc) is 2.52. The summed E-state index contributed by atoms with van der Waals surface area (Å²) in [6, 6.07) is 7.00. The van der Waals surface area contributed by atoms with Crippen molar-refractivity contribution < 1.29 is 28.9 Å². The number of benzene rings is 1. The molecular weight excluding hydrogens is 278 g/mol. The molecule has 1 aromatic carbocycles. The molecule has 2 rings (SSSR count). The molecule has 1 aliphatic rings. The summed E-state index contributed by atoms with van der Waals surface area (Å²) < 4.78 is 15.6. The first-order valence-electron chi connectivity index (χ1n) is 6.50. The lowest BCUT2D eigenvalue weighted by Crippen LogP contribution is -2.49. The van der Waals surface area contributed by atoms with Gasteiger partial charge >= 0.3 is 5.97 Å². The van der Waals surface area contributed by atoms with Gasteiger partial charge in [0.25, 0.3) is 5.91 Å². The number of hydrogen-bond donors (Lipinski definition) is 1. The Bertz CT molecular complexity index is 518. The van der Waals surface area contributed by atoms with Crippen LogP contribution in [0.25, 0.3) is 0 Å². The van der Waals surface area contributed by atoms with E-state index in [1.54, 1.807) is 24.3 Å². The van der Waals surface area contributed by atoms with Crippen molar-refractivity contribution in [3.8, 4) is 11.5 Å². The Hall–Kier alpha value is -2.28. The highest BCUT2D eigenvalue weighted by atomic mass is 16.5. The van der Waals surface area contributed by atoms with Crippen LogP contribution in [-0.4, -0.2) is 61.4 Å². The van der Waals surface area contributed by atoms with Gasteiger partial charge in [0.1, 0.15) is 0 Å². The summed E-state index contributed by atoms with van der Waals surface area (Å²) >= 11 is 0. The number of morpholine rings is 1. The molecule has 114 valence electrons. The minimum Gasteiger partial charge on any atom is -0.493 e. The van der Waals surface area contributed by atoms with Crippen molar-refractivity contribution in [3.63, 3.8) is 0 Å². The largest absolute Gasteiger partial charge is 0.493 e. The Morgan fingerprint density at radius 3 is 2.76 bits per heavy atom. The number of hydrogen-bond acceptors (Lipinski definition) is 5. The Morgan fingerprint density at radius 2 is 2.10 bits per heavy atom. The van der Waals surface area contributed by atoms with E-state index in [-0.39, 0.29) is 25.7 Å². The van der Waals surface area contributed by atoms with Crippen molar-refractivity contribution in [3.05, 3.63) is 24.3 Å². The summed E-state index contributed by atoms with van der Waals surface area (Å²) in [5, 5.41) is 8.90. The number of carboxylic acids is 1. The highest BCUT2D eigenvalue weighted by Gasteiger charge is 2.29. The van der Waals surface area contributed by atoms with E-state index in [9.17, 15) is 9.59 Å². The number of ether oxygens (including phenoxy) is 3. The molecule has 0 bridgehead atoms. The SMILES string of the molecule is COc1ccccc1OCC(=O)N1CCOC(C(=O)O)C1. The van der Waals surface area contributed by atoms with Crippen molar-refractivity contribution in [1.82, 2.24) is 4.90 Å². The predicted molar refractivity (Wildman–Crippen MR) is 72.4 cm³/mol. The van der Waals surface area contributed by atoms with E-state index in [4.69, 9.17) is 19.3 Å². The molecule has 0 aromatic heterocycles. The molecule has 1 fully saturated rings. The summed E-state index contributed by atoms with van der Waals surface area (Å²) in [6.07, 6.45) is -0.978. The topological polar surface area (TPSA) is 85.3 Å². The van der Waals surface area contributed by atoms with Crippen molar-refractivity contribution in [2.45, 2.75) is 6.10 Å². The number of carbonyl (C=O) groups excluding carboxylic acids is 1. The number of amides is 1. The fourth-order valence-electron chi connectivity index (χ4n) is 1.99. The molecular formula is C14H17NO6. The van der Waals surface area contributed by atoms with E-state index in [0.717, 1.165) is 0 Å². The maximum absolute atomic E-state index is 12.1. The Labute approximate surface area is 122 Å². The maximum atomic E-state index is 12.1. The van der Waals surface area contributed by atoms with Gasteiger partial charge in [-0.15, -0.1) is 0 Å². The van der Waals surface area contributed by atoms with E-state index in [1.807, 2.05) is 0 Å². The highest BCUT2D eigenvalue weighted by molar-refractivity contribution is 5.79. The summed E-state index contributed by atoms with van der Waals surface area (Å²) in [4.78, 5) is 24.4. The van der Waals surface area contributed by atoms with Crippen LogP contribution in [0.4, 0.5) is 0 Å². The van der Waals surface area contributed by atoms with Crippen LogP contribution in [-0.2, 0) is 14.3 Å². The molecule has 1 aromatic rings. The third-order valence-electron chi connectivity index (χ3n) is 3.11. The van der Waals surface area contributed by atoms with Crippen LogP contribution in [0.3, 0.4) is 0 Å². The lowest BCUT2D eigenvalue weighted by Gasteiger charge is -2.30. The normalized spacial score (nSPS) is 18.1. The first kappa shape index (κ1) is 15.1. The predicted octanol–water partition coefficient (Wildman–Crippen LogP) is 0.386. The first-order valence-corrected chi connectivity index (χ1v) is 6.50. The smallest absolute Gasteiger partial charge is 0.334 e. The van der Waals surface area contributed by atoms with Gasteiger partial charge < -0.3 is 24.2 Å². The zero-order valence-electron chi connectivity index (χ0n) is 11.7. The summed E-state index contributed by atoms with van der Waals surface area (Å²) in [6.45, 7) is 0.422. The summed E-state index contributed by atoms with van der Waals surface area (Å²) in [7, 11) is 1.52. The van der Waals surface area contributed by atoms with Crippen LogP contribution in [0.15, 0.2) is 24.3 Å². The number of carboxylic acid groups (broad SMARTS) is 1. The fourth-order valence-corrected chi connectivity index (χ4v) is 1.99. The standard InChI is InChI=1S/C14H17NO6/c1-19-10-4-2-3-5-11(10)21-9-13(16)15-6-7-20-12(8-15)14(17)18/h2-5,12H,6-9H2,1H3,(H,17,18). The second kappa shape index (κ2) is 6.94. The molecule has 0 radical (unpaired) electrons. The van der Waals surface area contributed by atoms with Crippen LogP contribution in [0.2, 0.25) is 0 Å². The quantitative estimate of drug-likeness (QED) is 0.845. The van der Waals surface area contributed by atoms with Crippen LogP contribution in [0, 0.1) is 0 Å². The molecule has 1 heterocycles. The van der Waals surface area contributed by atoms with Gasteiger partial charge in [0, 0.05) is 6.54 Å². The van der Waals surface area contributed by atoms with Gasteiger partial charge in [-0.3, -0.25) is 4.79 Å². The van der Waals surface area contributed by atoms with Gasteiger partial charge in [-0.1, -0.05) is 12.1 Å². The monoisotopic (exact) mass is 295 g/mol. The number of para-hydroxylation sites is 2. The van der Waals surface area contributed by atoms with Gasteiger partial charge in [0.2, 0.25) is 0 Å². The molecule has 7 nitrogen and oxygen atoms in total. The fraction of sp³-hybridized carbons (Fsp3) is 0.429. The number of rotatable bonds is 5. The second-order valence-corrected chi connectivity index (χ2v) is 4.48. The zero-order valence-corrected chi connectivity index (χ0v) is 11.7. The van der Waals surface area contributed by atoms with E-state index in [1.165, 1.54) is 12.0 Å². The molecule has 1 saturated heterocycles. The molecule has 0 saturated carbocycles. The Kier molecular flexibility index (Phi) is 4.99. The first-order chi connectivity index (χ1) is 10.1.